The van der Waals surface area contributed by atoms with Crippen LogP contribution < -0.4 is 0 Å². The second-order valence-corrected chi connectivity index (χ2v) is 6.43. The van der Waals surface area contributed by atoms with Crippen molar-refractivity contribution in [1.29, 1.82) is 0 Å². The first-order valence-electron chi connectivity index (χ1n) is 8.45. The molecule has 0 fully saturated rings. The molecule has 3 aromatic rings. The number of hydrogen-bond donors (Lipinski definition) is 1. The van der Waals surface area contributed by atoms with Gasteiger partial charge in [0, 0.05) is 35.5 Å². The van der Waals surface area contributed by atoms with Crippen LogP contribution in [0.5, 0.6) is 0 Å². The summed E-state index contributed by atoms with van der Waals surface area (Å²) in [5, 5.41) is 7.28. The van der Waals surface area contributed by atoms with E-state index in [4.69, 9.17) is 0 Å². The molecule has 0 saturated heterocycles. The van der Waals surface area contributed by atoms with Gasteiger partial charge >= 0.3 is 0 Å². The van der Waals surface area contributed by atoms with E-state index in [1.165, 1.54) is 6.07 Å². The van der Waals surface area contributed by atoms with Crippen molar-refractivity contribution >= 4 is 5.91 Å². The van der Waals surface area contributed by atoms with Crippen molar-refractivity contribution in [3.05, 3.63) is 64.6 Å². The number of hydrogen-bond acceptors (Lipinski definition) is 4. The van der Waals surface area contributed by atoms with Crippen molar-refractivity contribution in [2.45, 2.75) is 26.8 Å². The summed E-state index contributed by atoms with van der Waals surface area (Å²) in [5.41, 5.74) is 3.95. The number of H-pyrrole nitrogens is 1. The Kier molecular flexibility index (Phi) is 3.99. The smallest absolute Gasteiger partial charge is 0.272 e. The van der Waals surface area contributed by atoms with Gasteiger partial charge in [-0.25, -0.2) is 14.4 Å². The van der Waals surface area contributed by atoms with Crippen LogP contribution in [0, 0.1) is 19.7 Å². The monoisotopic (exact) mass is 351 g/mol. The highest BCUT2D eigenvalue weighted by Crippen LogP contribution is 2.30. The molecule has 0 aliphatic carbocycles. The van der Waals surface area contributed by atoms with E-state index in [1.54, 1.807) is 36.1 Å². The molecule has 1 aliphatic rings. The highest BCUT2D eigenvalue weighted by molar-refractivity contribution is 5.92. The average Bonchev–Trinajstić information content (AvgIpc) is 3.03. The zero-order valence-electron chi connectivity index (χ0n) is 14.6. The Morgan fingerprint density at radius 1 is 1.23 bits per heavy atom. The normalized spacial score (nSPS) is 13.6. The number of amides is 1. The summed E-state index contributed by atoms with van der Waals surface area (Å²) < 4.78 is 14.2. The number of rotatable bonds is 2. The number of fused-ring (bicyclic) bond motifs is 1. The maximum absolute atomic E-state index is 14.2. The van der Waals surface area contributed by atoms with Gasteiger partial charge in [-0.15, -0.1) is 0 Å². The molecule has 3 heterocycles. The zero-order chi connectivity index (χ0) is 18.3. The molecule has 0 spiro atoms. The number of aryl methyl sites for hydroxylation is 2. The molecule has 132 valence electrons. The molecule has 1 N–H and O–H groups in total. The van der Waals surface area contributed by atoms with Gasteiger partial charge in [-0.3, -0.25) is 9.89 Å². The summed E-state index contributed by atoms with van der Waals surface area (Å²) in [4.78, 5) is 23.1. The second kappa shape index (κ2) is 6.33. The van der Waals surface area contributed by atoms with Crippen LogP contribution in [0.15, 0.2) is 30.3 Å². The van der Waals surface area contributed by atoms with Crippen molar-refractivity contribution in [1.82, 2.24) is 25.1 Å². The number of carbonyl (C=O) groups is 1. The maximum Gasteiger partial charge on any atom is 0.272 e. The highest BCUT2D eigenvalue weighted by Gasteiger charge is 2.28. The van der Waals surface area contributed by atoms with E-state index in [-0.39, 0.29) is 11.7 Å². The Labute approximate surface area is 150 Å². The van der Waals surface area contributed by atoms with E-state index in [1.807, 2.05) is 6.92 Å². The molecular weight excluding hydrogens is 333 g/mol. The van der Waals surface area contributed by atoms with Gasteiger partial charge in [0.05, 0.1) is 6.54 Å². The van der Waals surface area contributed by atoms with Crippen LogP contribution in [-0.2, 0) is 13.0 Å². The molecule has 1 aromatic carbocycles. The Hall–Kier alpha value is -3.09. The lowest BCUT2D eigenvalue weighted by atomic mass is 10.0. The number of halogens is 1. The first-order valence-corrected chi connectivity index (χ1v) is 8.45. The number of nitrogens with zero attached hydrogens (tertiary/aromatic N) is 4. The first kappa shape index (κ1) is 16.4. The van der Waals surface area contributed by atoms with E-state index in [2.05, 4.69) is 20.2 Å². The molecule has 6 nitrogen and oxygen atoms in total. The van der Waals surface area contributed by atoms with E-state index < -0.39 is 0 Å². The first-order chi connectivity index (χ1) is 12.5. The molecule has 1 aliphatic heterocycles. The van der Waals surface area contributed by atoms with Gasteiger partial charge in [0.25, 0.3) is 5.91 Å². The van der Waals surface area contributed by atoms with Crippen molar-refractivity contribution in [3.63, 3.8) is 0 Å². The molecule has 26 heavy (non-hydrogen) atoms. The van der Waals surface area contributed by atoms with Crippen LogP contribution in [-0.4, -0.2) is 37.5 Å². The summed E-state index contributed by atoms with van der Waals surface area (Å²) in [6.07, 6.45) is 0.644. The van der Waals surface area contributed by atoms with Crippen LogP contribution in [0.25, 0.3) is 11.3 Å². The molecule has 4 rings (SSSR count). The predicted molar refractivity (Wildman–Crippen MR) is 93.9 cm³/mol. The van der Waals surface area contributed by atoms with Crippen molar-refractivity contribution in [2.24, 2.45) is 0 Å². The third kappa shape index (κ3) is 2.85. The van der Waals surface area contributed by atoms with Gasteiger partial charge in [0.1, 0.15) is 23.0 Å². The SMILES string of the molecule is Cc1cc(C(=O)N2CCc3[nH]nc(-c4ccccc4F)c3C2)nc(C)n1. The fourth-order valence-electron chi connectivity index (χ4n) is 3.33. The lowest BCUT2D eigenvalue weighted by molar-refractivity contribution is 0.0728. The second-order valence-electron chi connectivity index (χ2n) is 6.43. The van der Waals surface area contributed by atoms with Crippen LogP contribution in [0.1, 0.15) is 33.3 Å². The van der Waals surface area contributed by atoms with Crippen molar-refractivity contribution < 1.29 is 9.18 Å². The Balaban J connectivity index is 1.67. The lowest BCUT2D eigenvalue weighted by Crippen LogP contribution is -2.36. The van der Waals surface area contributed by atoms with E-state index >= 15 is 0 Å². The van der Waals surface area contributed by atoms with Crippen LogP contribution in [0.4, 0.5) is 4.39 Å². The third-order valence-electron chi connectivity index (χ3n) is 4.53. The molecule has 0 atom stereocenters. The van der Waals surface area contributed by atoms with Crippen molar-refractivity contribution in [2.75, 3.05) is 6.54 Å². The van der Waals surface area contributed by atoms with Gasteiger partial charge < -0.3 is 4.90 Å². The minimum atomic E-state index is -0.327. The van der Waals surface area contributed by atoms with E-state index in [0.29, 0.717) is 42.3 Å². The molecule has 7 heteroatoms. The van der Waals surface area contributed by atoms with Crippen LogP contribution >= 0.6 is 0 Å². The summed E-state index contributed by atoms with van der Waals surface area (Å²) in [6.45, 7) is 4.54. The lowest BCUT2D eigenvalue weighted by Gasteiger charge is -2.27. The molecule has 0 saturated carbocycles. The number of aromatic amines is 1. The zero-order valence-corrected chi connectivity index (χ0v) is 14.6. The van der Waals surface area contributed by atoms with Crippen LogP contribution in [0.3, 0.4) is 0 Å². The van der Waals surface area contributed by atoms with E-state index in [9.17, 15) is 9.18 Å². The standard InChI is InChI=1S/C19H18FN5O/c1-11-9-17(22-12(2)21-11)19(26)25-8-7-16-14(10-25)18(24-23-16)13-5-3-4-6-15(13)20/h3-6,9H,7-8,10H2,1-2H3,(H,23,24). The van der Waals surface area contributed by atoms with Gasteiger partial charge in [0.15, 0.2) is 0 Å². The van der Waals surface area contributed by atoms with E-state index in [0.717, 1.165) is 17.0 Å². The Bertz CT molecular complexity index is 977. The van der Waals surface area contributed by atoms with Gasteiger partial charge in [-0.1, -0.05) is 12.1 Å². The van der Waals surface area contributed by atoms with Gasteiger partial charge in [-0.05, 0) is 32.0 Å². The Morgan fingerprint density at radius 2 is 2.04 bits per heavy atom. The topological polar surface area (TPSA) is 74.8 Å². The van der Waals surface area contributed by atoms with Crippen LogP contribution in [0.2, 0.25) is 0 Å². The number of nitrogens with one attached hydrogen (secondary N) is 1. The largest absolute Gasteiger partial charge is 0.332 e. The summed E-state index contributed by atoms with van der Waals surface area (Å²) >= 11 is 0. The highest BCUT2D eigenvalue weighted by atomic mass is 19.1. The molecule has 1 amide bonds. The summed E-state index contributed by atoms with van der Waals surface area (Å²) in [7, 11) is 0. The van der Waals surface area contributed by atoms with Crippen molar-refractivity contribution in [3.8, 4) is 11.3 Å². The minimum absolute atomic E-state index is 0.148. The quantitative estimate of drug-likeness (QED) is 0.770. The number of aromatic nitrogens is 4. The molecule has 0 unspecified atom stereocenters. The third-order valence-corrected chi connectivity index (χ3v) is 4.53. The molecular formula is C19H18FN5O. The predicted octanol–water partition coefficient (Wildman–Crippen LogP) is 2.82. The molecule has 0 bridgehead atoms. The number of benzene rings is 1. The molecule has 0 radical (unpaired) electrons. The fourth-order valence-corrected chi connectivity index (χ4v) is 3.33. The number of carbonyl (C=O) groups excluding carboxylic acids is 1. The summed E-state index contributed by atoms with van der Waals surface area (Å²) in [5.74, 6) is 0.0960. The summed E-state index contributed by atoms with van der Waals surface area (Å²) in [6, 6.07) is 8.22. The molecule has 2 aromatic heterocycles. The minimum Gasteiger partial charge on any atom is -0.332 e. The average molecular weight is 351 g/mol. The Morgan fingerprint density at radius 3 is 2.81 bits per heavy atom. The van der Waals surface area contributed by atoms with Gasteiger partial charge in [-0.2, -0.15) is 5.10 Å². The van der Waals surface area contributed by atoms with Gasteiger partial charge in [0.2, 0.25) is 0 Å². The fraction of sp³-hybridized carbons (Fsp3) is 0.263. The maximum atomic E-state index is 14.2.